The topological polar surface area (TPSA) is 199 Å². The standard InChI is InChI=1S/C32H44F2N6O8S2/c1-2-48-30(44)32(33,34)27(41)24(17-21-9-5-3-6-10-21)37-28(42)25(19-23-20-49-31(35)36-23)38-29(43)26(18-22-11-7-4-8-12-22)39-50(45,46)40-13-15-47-16-14-40/h4,7-8,11-12,20-21,24-26,39H,2-3,5-6,9-10,13-19H2,1H3,(H2,35,36)(H,37,42)(H,38,43)/t24-,25-,26-/m0/s1. The van der Waals surface area contributed by atoms with E-state index in [-0.39, 0.29) is 68.9 Å². The van der Waals surface area contributed by atoms with Crippen molar-refractivity contribution in [2.24, 2.45) is 5.92 Å². The third-order valence-electron chi connectivity index (χ3n) is 8.58. The number of rotatable bonds is 17. The van der Waals surface area contributed by atoms with Crippen molar-refractivity contribution in [3.8, 4) is 0 Å². The van der Waals surface area contributed by atoms with Crippen molar-refractivity contribution in [1.82, 2.24) is 24.6 Å². The van der Waals surface area contributed by atoms with Gasteiger partial charge in [-0.05, 0) is 31.2 Å². The van der Waals surface area contributed by atoms with Crippen LogP contribution in [0.25, 0.3) is 0 Å². The Kier molecular flexibility index (Phi) is 14.2. The Balaban J connectivity index is 1.62. The second-order valence-electron chi connectivity index (χ2n) is 12.3. The van der Waals surface area contributed by atoms with Crippen molar-refractivity contribution in [2.75, 3.05) is 38.6 Å². The fraction of sp³-hybridized carbons (Fsp3) is 0.594. The van der Waals surface area contributed by atoms with Gasteiger partial charge in [0.2, 0.25) is 17.6 Å². The lowest BCUT2D eigenvalue weighted by molar-refractivity contribution is -0.177. The van der Waals surface area contributed by atoms with Gasteiger partial charge in [-0.2, -0.15) is 26.2 Å². The van der Waals surface area contributed by atoms with E-state index in [0.29, 0.717) is 18.4 Å². The van der Waals surface area contributed by atoms with E-state index in [1.54, 1.807) is 35.7 Å². The minimum absolute atomic E-state index is 0.0676. The highest BCUT2D eigenvalue weighted by atomic mass is 32.2. The number of aromatic nitrogens is 1. The number of alkyl halides is 2. The van der Waals surface area contributed by atoms with Crippen LogP contribution in [-0.2, 0) is 51.7 Å². The number of halogens is 2. The molecule has 1 aromatic heterocycles. The zero-order valence-electron chi connectivity index (χ0n) is 27.8. The lowest BCUT2D eigenvalue weighted by Gasteiger charge is -2.30. The number of carbonyl (C=O) groups excluding carboxylic acids is 4. The maximum atomic E-state index is 15.1. The number of nitrogen functional groups attached to an aromatic ring is 1. The number of morpholine rings is 1. The van der Waals surface area contributed by atoms with E-state index in [0.717, 1.165) is 34.9 Å². The van der Waals surface area contributed by atoms with Crippen LogP contribution in [0.3, 0.4) is 0 Å². The number of thiazole rings is 1. The molecule has 5 N–H and O–H groups in total. The van der Waals surface area contributed by atoms with Crippen LogP contribution >= 0.6 is 11.3 Å². The summed E-state index contributed by atoms with van der Waals surface area (Å²) in [6, 6.07) is 3.91. The van der Waals surface area contributed by atoms with Crippen molar-refractivity contribution in [3.63, 3.8) is 0 Å². The number of nitrogens with two attached hydrogens (primary N) is 1. The number of carbonyl (C=O) groups is 4. The number of nitrogens with one attached hydrogen (secondary N) is 3. The number of hydrogen-bond donors (Lipinski definition) is 4. The van der Waals surface area contributed by atoms with Crippen LogP contribution in [0.15, 0.2) is 35.7 Å². The monoisotopic (exact) mass is 742 g/mol. The summed E-state index contributed by atoms with van der Waals surface area (Å²) < 4.78 is 70.2. The molecule has 2 aliphatic rings. The number of amides is 2. The summed E-state index contributed by atoms with van der Waals surface area (Å²) in [5.41, 5.74) is 6.69. The highest BCUT2D eigenvalue weighted by Crippen LogP contribution is 2.30. The van der Waals surface area contributed by atoms with Crippen LogP contribution < -0.4 is 21.1 Å². The highest BCUT2D eigenvalue weighted by molar-refractivity contribution is 7.87. The zero-order valence-corrected chi connectivity index (χ0v) is 29.4. The molecule has 50 heavy (non-hydrogen) atoms. The van der Waals surface area contributed by atoms with Crippen LogP contribution in [0.5, 0.6) is 0 Å². The number of anilines is 1. The first-order valence-corrected chi connectivity index (χ1v) is 18.9. The van der Waals surface area contributed by atoms with Gasteiger partial charge in [-0.1, -0.05) is 62.4 Å². The Bertz CT molecular complexity index is 1570. The molecule has 18 heteroatoms. The first kappa shape index (κ1) is 39.2. The molecule has 1 aromatic carbocycles. The third kappa shape index (κ3) is 11.0. The van der Waals surface area contributed by atoms with Gasteiger partial charge in [0.1, 0.15) is 12.1 Å². The molecule has 2 heterocycles. The number of esters is 1. The summed E-state index contributed by atoms with van der Waals surface area (Å²) in [4.78, 5) is 57.4. The van der Waals surface area contributed by atoms with E-state index in [2.05, 4.69) is 25.1 Å². The van der Waals surface area contributed by atoms with Crippen LogP contribution in [-0.4, -0.2) is 98.2 Å². The van der Waals surface area contributed by atoms with E-state index >= 15 is 8.78 Å². The van der Waals surface area contributed by atoms with Crippen molar-refractivity contribution in [3.05, 3.63) is 47.0 Å². The average Bonchev–Trinajstić information content (AvgIpc) is 3.52. The fourth-order valence-electron chi connectivity index (χ4n) is 5.99. The molecule has 2 amide bonds. The summed E-state index contributed by atoms with van der Waals surface area (Å²) in [5.74, 6) is -10.4. The first-order valence-electron chi connectivity index (χ1n) is 16.6. The van der Waals surface area contributed by atoms with Gasteiger partial charge in [0, 0.05) is 24.9 Å². The first-order chi connectivity index (χ1) is 23.8. The maximum Gasteiger partial charge on any atom is 0.401 e. The fourth-order valence-corrected chi connectivity index (χ4v) is 7.89. The van der Waals surface area contributed by atoms with Gasteiger partial charge < -0.3 is 25.8 Å². The molecule has 0 radical (unpaired) electrons. The Hall–Kier alpha value is -3.58. The molecule has 14 nitrogen and oxygen atoms in total. The van der Waals surface area contributed by atoms with Gasteiger partial charge in [-0.15, -0.1) is 11.3 Å². The lowest BCUT2D eigenvalue weighted by Crippen LogP contribution is -2.60. The van der Waals surface area contributed by atoms with Crippen molar-refractivity contribution in [2.45, 2.75) is 82.3 Å². The van der Waals surface area contributed by atoms with Gasteiger partial charge >= 0.3 is 11.9 Å². The molecule has 0 bridgehead atoms. The molecule has 4 rings (SSSR count). The van der Waals surface area contributed by atoms with Crippen molar-refractivity contribution >= 4 is 50.2 Å². The predicted octanol–water partition coefficient (Wildman–Crippen LogP) is 1.75. The van der Waals surface area contributed by atoms with Crippen LogP contribution in [0, 0.1) is 5.92 Å². The maximum absolute atomic E-state index is 15.1. The SMILES string of the molecule is CCOC(=O)C(F)(F)C(=O)[C@H](CC1CCCCC1)NC(=O)[C@H](Cc1csc(N)n1)NC(=O)[C@H](Cc1ccccc1)NS(=O)(=O)N1CCOCC1. The summed E-state index contributed by atoms with van der Waals surface area (Å²) in [6.45, 7) is 1.42. The molecule has 0 unspecified atom stereocenters. The summed E-state index contributed by atoms with van der Waals surface area (Å²) >= 11 is 1.07. The minimum Gasteiger partial charge on any atom is -0.461 e. The normalized spacial score (nSPS) is 18.1. The average molecular weight is 743 g/mol. The zero-order chi connectivity index (χ0) is 36.3. The predicted molar refractivity (Wildman–Crippen MR) is 180 cm³/mol. The Morgan fingerprint density at radius 1 is 1.02 bits per heavy atom. The van der Waals surface area contributed by atoms with E-state index in [1.807, 2.05) is 0 Å². The molecule has 276 valence electrons. The van der Waals surface area contributed by atoms with Gasteiger partial charge in [-0.25, -0.2) is 9.78 Å². The Labute approximate surface area is 294 Å². The van der Waals surface area contributed by atoms with Crippen molar-refractivity contribution < 1.29 is 45.9 Å². The third-order valence-corrected chi connectivity index (χ3v) is 10.9. The van der Waals surface area contributed by atoms with Gasteiger partial charge in [0.15, 0.2) is 5.13 Å². The summed E-state index contributed by atoms with van der Waals surface area (Å²) in [5, 5.41) is 6.66. The van der Waals surface area contributed by atoms with Crippen molar-refractivity contribution in [1.29, 1.82) is 0 Å². The molecular weight excluding hydrogens is 699 g/mol. The van der Waals surface area contributed by atoms with E-state index in [9.17, 15) is 27.6 Å². The minimum atomic E-state index is -4.54. The van der Waals surface area contributed by atoms with Crippen LogP contribution in [0.1, 0.15) is 56.7 Å². The molecule has 1 saturated carbocycles. The summed E-state index contributed by atoms with van der Waals surface area (Å²) in [6.07, 6.45) is 3.37. The van der Waals surface area contributed by atoms with Crippen LogP contribution in [0.2, 0.25) is 0 Å². The molecule has 1 aliphatic carbocycles. The molecule has 1 aliphatic heterocycles. The van der Waals surface area contributed by atoms with E-state index < -0.39 is 57.8 Å². The van der Waals surface area contributed by atoms with E-state index in [1.165, 1.54) is 6.92 Å². The Morgan fingerprint density at radius 2 is 1.66 bits per heavy atom. The number of hydrogen-bond acceptors (Lipinski definition) is 11. The smallest absolute Gasteiger partial charge is 0.401 e. The largest absolute Gasteiger partial charge is 0.461 e. The number of nitrogens with zero attached hydrogens (tertiary/aromatic N) is 2. The molecule has 2 fully saturated rings. The number of Topliss-reactive ketones (excluding diaryl/α,β-unsaturated/α-hetero) is 1. The molecule has 3 atom stereocenters. The second-order valence-corrected chi connectivity index (χ2v) is 14.9. The Morgan fingerprint density at radius 3 is 2.28 bits per heavy atom. The van der Waals surface area contributed by atoms with Gasteiger partial charge in [0.25, 0.3) is 10.2 Å². The second kappa shape index (κ2) is 18.1. The number of ketones is 1. The molecule has 2 aromatic rings. The molecular formula is C32H44F2N6O8S2. The lowest BCUT2D eigenvalue weighted by atomic mass is 9.83. The molecule has 1 saturated heterocycles. The number of benzene rings is 1. The molecule has 0 spiro atoms. The van der Waals surface area contributed by atoms with Crippen LogP contribution in [0.4, 0.5) is 13.9 Å². The van der Waals surface area contributed by atoms with Gasteiger partial charge in [0.05, 0.1) is 31.6 Å². The quantitative estimate of drug-likeness (QED) is 0.137. The number of ether oxygens (including phenoxy) is 2. The van der Waals surface area contributed by atoms with Gasteiger partial charge in [-0.3, -0.25) is 14.4 Å². The van der Waals surface area contributed by atoms with E-state index in [4.69, 9.17) is 10.5 Å². The highest BCUT2D eigenvalue weighted by Gasteiger charge is 2.52. The summed E-state index contributed by atoms with van der Waals surface area (Å²) in [7, 11) is -4.19.